The Kier molecular flexibility index (Phi) is 6.26. The van der Waals surface area contributed by atoms with Crippen molar-refractivity contribution >= 4 is 33.3 Å². The van der Waals surface area contributed by atoms with E-state index in [1.165, 1.54) is 31.4 Å². The highest BCUT2D eigenvalue weighted by Crippen LogP contribution is 2.28. The number of amides is 2. The van der Waals surface area contributed by atoms with E-state index < -0.39 is 50.2 Å². The average molecular weight is 470 g/mol. The number of hydrogen-bond acceptors (Lipinski definition) is 7. The molecule has 3 rings (SSSR count). The number of alkyl halides is 3. The SMILES string of the molecule is COc1ccc(/C(=N\OS(=O)(=O)c2ccc(N3C(=O)CC(C)C3=O)cc2)C(F)(F)F)cc1. The summed E-state index contributed by atoms with van der Waals surface area (Å²) in [6, 6.07) is 9.00. The first-order chi connectivity index (χ1) is 14.9. The van der Waals surface area contributed by atoms with Crippen LogP contribution in [0.2, 0.25) is 0 Å². The Morgan fingerprint density at radius 2 is 1.66 bits per heavy atom. The predicted octanol–water partition coefficient (Wildman–Crippen LogP) is 3.27. The zero-order valence-electron chi connectivity index (χ0n) is 16.8. The summed E-state index contributed by atoms with van der Waals surface area (Å²) in [4.78, 5) is 24.4. The Morgan fingerprint density at radius 1 is 1.06 bits per heavy atom. The zero-order chi connectivity index (χ0) is 23.7. The van der Waals surface area contributed by atoms with Gasteiger partial charge in [0.25, 0.3) is 0 Å². The number of anilines is 1. The molecule has 1 saturated heterocycles. The van der Waals surface area contributed by atoms with E-state index >= 15 is 0 Å². The summed E-state index contributed by atoms with van der Waals surface area (Å²) in [7, 11) is -3.38. The van der Waals surface area contributed by atoms with Crippen LogP contribution in [0.25, 0.3) is 0 Å². The van der Waals surface area contributed by atoms with Crippen molar-refractivity contribution < 1.29 is 40.2 Å². The molecule has 0 N–H and O–H groups in total. The summed E-state index contributed by atoms with van der Waals surface area (Å²) in [5, 5.41) is 2.85. The lowest BCUT2D eigenvalue weighted by atomic mass is 10.1. The quantitative estimate of drug-likeness (QED) is 0.365. The number of oxime groups is 1. The number of carbonyl (C=O) groups is 2. The first-order valence-corrected chi connectivity index (χ1v) is 10.5. The molecule has 0 spiro atoms. The highest BCUT2D eigenvalue weighted by Gasteiger charge is 2.39. The molecule has 1 aliphatic heterocycles. The summed E-state index contributed by atoms with van der Waals surface area (Å²) in [6.45, 7) is 1.59. The summed E-state index contributed by atoms with van der Waals surface area (Å²) in [6.07, 6.45) is -4.97. The Morgan fingerprint density at radius 3 is 2.12 bits per heavy atom. The Hall–Kier alpha value is -3.41. The molecule has 1 aliphatic rings. The number of ether oxygens (including phenoxy) is 1. The fraction of sp³-hybridized carbons (Fsp3) is 0.250. The molecule has 1 atom stereocenters. The van der Waals surface area contributed by atoms with Gasteiger partial charge in [-0.1, -0.05) is 12.1 Å². The minimum atomic E-state index is -5.00. The van der Waals surface area contributed by atoms with Crippen LogP contribution in [-0.4, -0.2) is 39.2 Å². The number of imide groups is 1. The van der Waals surface area contributed by atoms with Gasteiger partial charge in [0.15, 0.2) is 5.71 Å². The maximum absolute atomic E-state index is 13.4. The van der Waals surface area contributed by atoms with Crippen molar-refractivity contribution in [1.82, 2.24) is 0 Å². The molecule has 1 unspecified atom stereocenters. The third kappa shape index (κ3) is 4.74. The molecule has 1 fully saturated rings. The second-order valence-corrected chi connectivity index (χ2v) is 8.39. The minimum absolute atomic E-state index is 0.0300. The highest BCUT2D eigenvalue weighted by molar-refractivity contribution is 7.86. The van der Waals surface area contributed by atoms with Crippen LogP contribution in [0.1, 0.15) is 18.9 Å². The molecule has 0 aliphatic carbocycles. The Bertz CT molecular complexity index is 1160. The van der Waals surface area contributed by atoms with E-state index in [4.69, 9.17) is 4.74 Å². The minimum Gasteiger partial charge on any atom is -0.497 e. The van der Waals surface area contributed by atoms with E-state index in [0.717, 1.165) is 29.2 Å². The summed E-state index contributed by atoms with van der Waals surface area (Å²) >= 11 is 0. The topological polar surface area (TPSA) is 102 Å². The van der Waals surface area contributed by atoms with Crippen LogP contribution in [0.4, 0.5) is 18.9 Å². The molecule has 2 amide bonds. The highest BCUT2D eigenvalue weighted by atomic mass is 32.2. The van der Waals surface area contributed by atoms with E-state index in [9.17, 15) is 31.2 Å². The van der Waals surface area contributed by atoms with E-state index in [1.54, 1.807) is 6.92 Å². The summed E-state index contributed by atoms with van der Waals surface area (Å²) < 4.78 is 74.0. The normalized spacial score (nSPS) is 17.6. The number of benzene rings is 2. The van der Waals surface area contributed by atoms with Crippen molar-refractivity contribution in [2.75, 3.05) is 12.0 Å². The largest absolute Gasteiger partial charge is 0.497 e. The Balaban J connectivity index is 1.86. The van der Waals surface area contributed by atoms with Crippen LogP contribution in [-0.2, 0) is 24.0 Å². The van der Waals surface area contributed by atoms with Crippen LogP contribution in [0.3, 0.4) is 0 Å². The van der Waals surface area contributed by atoms with Gasteiger partial charge in [-0.25, -0.2) is 0 Å². The van der Waals surface area contributed by atoms with Gasteiger partial charge in [0.2, 0.25) is 11.8 Å². The number of rotatable bonds is 6. The molecule has 1 heterocycles. The van der Waals surface area contributed by atoms with Crippen LogP contribution in [0.15, 0.2) is 58.6 Å². The predicted molar refractivity (Wildman–Crippen MR) is 107 cm³/mol. The van der Waals surface area contributed by atoms with E-state index in [1.807, 2.05) is 0 Å². The van der Waals surface area contributed by atoms with Crippen molar-refractivity contribution in [3.05, 3.63) is 54.1 Å². The van der Waals surface area contributed by atoms with Crippen LogP contribution < -0.4 is 9.64 Å². The lowest BCUT2D eigenvalue weighted by Crippen LogP contribution is -2.29. The second-order valence-electron chi connectivity index (χ2n) is 6.86. The fourth-order valence-corrected chi connectivity index (χ4v) is 3.69. The number of carbonyl (C=O) groups excluding carboxylic acids is 2. The smallest absolute Gasteiger partial charge is 0.437 e. The van der Waals surface area contributed by atoms with Crippen LogP contribution in [0, 0.1) is 5.92 Å². The molecule has 12 heteroatoms. The van der Waals surface area contributed by atoms with Gasteiger partial charge in [-0.2, -0.15) is 21.6 Å². The molecule has 0 saturated carbocycles. The molecule has 2 aromatic rings. The maximum atomic E-state index is 13.4. The maximum Gasteiger partial charge on any atom is 0.437 e. The number of hydrogen-bond donors (Lipinski definition) is 0. The molecule has 8 nitrogen and oxygen atoms in total. The van der Waals surface area contributed by atoms with Gasteiger partial charge in [0, 0.05) is 17.9 Å². The fourth-order valence-electron chi connectivity index (χ4n) is 2.96. The lowest BCUT2D eigenvalue weighted by Gasteiger charge is -2.14. The van der Waals surface area contributed by atoms with Gasteiger partial charge in [0.05, 0.1) is 12.8 Å². The molecular formula is C20H17F3N2O6S. The molecule has 0 radical (unpaired) electrons. The third-order valence-electron chi connectivity index (χ3n) is 4.61. The first-order valence-electron chi connectivity index (χ1n) is 9.14. The van der Waals surface area contributed by atoms with Gasteiger partial charge >= 0.3 is 16.3 Å². The van der Waals surface area contributed by atoms with E-state index in [2.05, 4.69) is 9.44 Å². The number of nitrogens with zero attached hydrogens (tertiary/aromatic N) is 2. The van der Waals surface area contributed by atoms with Crippen molar-refractivity contribution in [3.63, 3.8) is 0 Å². The molecule has 2 aromatic carbocycles. The first kappa shape index (κ1) is 23.3. The summed E-state index contributed by atoms with van der Waals surface area (Å²) in [5.41, 5.74) is -1.84. The van der Waals surface area contributed by atoms with Crippen molar-refractivity contribution in [3.8, 4) is 5.75 Å². The van der Waals surface area contributed by atoms with E-state index in [-0.39, 0.29) is 12.1 Å². The van der Waals surface area contributed by atoms with Crippen molar-refractivity contribution in [1.29, 1.82) is 0 Å². The van der Waals surface area contributed by atoms with Crippen LogP contribution >= 0.6 is 0 Å². The number of halogens is 3. The molecular weight excluding hydrogens is 453 g/mol. The molecule has 32 heavy (non-hydrogen) atoms. The molecule has 0 bridgehead atoms. The monoisotopic (exact) mass is 470 g/mol. The molecule has 0 aromatic heterocycles. The van der Waals surface area contributed by atoms with Gasteiger partial charge in [0.1, 0.15) is 10.6 Å². The molecule has 170 valence electrons. The van der Waals surface area contributed by atoms with Gasteiger partial charge in [-0.05, 0) is 48.5 Å². The lowest BCUT2D eigenvalue weighted by molar-refractivity contribution is -0.122. The van der Waals surface area contributed by atoms with Gasteiger partial charge in [-0.3, -0.25) is 18.8 Å². The van der Waals surface area contributed by atoms with Crippen LogP contribution in [0.5, 0.6) is 5.75 Å². The average Bonchev–Trinajstić information content (AvgIpc) is 2.99. The third-order valence-corrected chi connectivity index (χ3v) is 5.73. The zero-order valence-corrected chi connectivity index (χ0v) is 17.6. The Labute approximate surface area is 181 Å². The van der Waals surface area contributed by atoms with Crippen molar-refractivity contribution in [2.24, 2.45) is 11.1 Å². The summed E-state index contributed by atoms with van der Waals surface area (Å²) in [5.74, 6) is -1.07. The second kappa shape index (κ2) is 8.61. The van der Waals surface area contributed by atoms with Gasteiger partial charge in [-0.15, -0.1) is 0 Å². The number of methoxy groups -OCH3 is 1. The van der Waals surface area contributed by atoms with E-state index in [0.29, 0.717) is 5.75 Å². The van der Waals surface area contributed by atoms with Gasteiger partial charge < -0.3 is 4.74 Å². The standard InChI is InChI=1S/C20H17F3N2O6S/c1-12-11-17(26)25(19(12)27)14-5-9-16(10-6-14)32(28,29)31-24-18(20(21,22)23)13-3-7-15(30-2)8-4-13/h3-10,12H,11H2,1-2H3/b24-18+. The van der Waals surface area contributed by atoms with Crippen molar-refractivity contribution in [2.45, 2.75) is 24.4 Å².